The normalized spacial score (nSPS) is 22.6. The van der Waals surface area contributed by atoms with Gasteiger partial charge < -0.3 is 5.73 Å². The quantitative estimate of drug-likeness (QED) is 0.867. The third kappa shape index (κ3) is 3.30. The number of hydrogen-bond donors (Lipinski definition) is 1. The zero-order chi connectivity index (χ0) is 12.3. The zero-order valence-electron chi connectivity index (χ0n) is 11.0. The Morgan fingerprint density at radius 3 is 2.65 bits per heavy atom. The summed E-state index contributed by atoms with van der Waals surface area (Å²) in [7, 11) is 0. The molecule has 0 amide bonds. The van der Waals surface area contributed by atoms with Crippen LogP contribution in [0, 0.1) is 0 Å². The van der Waals surface area contributed by atoms with Crippen LogP contribution in [0.2, 0.25) is 0 Å². The molecule has 0 bridgehead atoms. The molecule has 1 aliphatic rings. The second-order valence-corrected chi connectivity index (χ2v) is 5.82. The molecule has 0 saturated carbocycles. The minimum Gasteiger partial charge on any atom is -0.327 e. The summed E-state index contributed by atoms with van der Waals surface area (Å²) in [6, 6.07) is 11.1. The monoisotopic (exact) mass is 232 g/mol. The van der Waals surface area contributed by atoms with Gasteiger partial charge in [-0.25, -0.2) is 0 Å². The smallest absolute Gasteiger partial charge is 0.0194 e. The minimum absolute atomic E-state index is 0.208. The fourth-order valence-electron chi connectivity index (χ4n) is 2.77. The van der Waals surface area contributed by atoms with Gasteiger partial charge in [-0.1, -0.05) is 30.3 Å². The molecule has 0 aliphatic carbocycles. The van der Waals surface area contributed by atoms with Crippen LogP contribution in [0.25, 0.3) is 0 Å². The molecule has 2 N–H and O–H groups in total. The molecule has 1 aromatic carbocycles. The minimum atomic E-state index is 0.208. The molecule has 2 nitrogen and oxygen atoms in total. The lowest BCUT2D eigenvalue weighted by atomic mass is 9.90. The van der Waals surface area contributed by atoms with E-state index in [4.69, 9.17) is 5.73 Å². The lowest BCUT2D eigenvalue weighted by molar-refractivity contribution is 0.0858. The van der Waals surface area contributed by atoms with Crippen molar-refractivity contribution in [2.24, 2.45) is 5.73 Å². The van der Waals surface area contributed by atoms with Gasteiger partial charge in [0.25, 0.3) is 0 Å². The first-order chi connectivity index (χ1) is 8.08. The van der Waals surface area contributed by atoms with E-state index in [0.717, 1.165) is 13.0 Å². The van der Waals surface area contributed by atoms with Gasteiger partial charge in [-0.3, -0.25) is 4.90 Å². The first-order valence-electron chi connectivity index (χ1n) is 6.62. The molecule has 1 atom stereocenters. The average Bonchev–Trinajstić information content (AvgIpc) is 2.30. The Labute approximate surface area is 105 Å². The molecule has 17 heavy (non-hydrogen) atoms. The van der Waals surface area contributed by atoms with Crippen LogP contribution in [0.5, 0.6) is 0 Å². The van der Waals surface area contributed by atoms with Crippen molar-refractivity contribution in [3.8, 4) is 0 Å². The van der Waals surface area contributed by atoms with Crippen LogP contribution in [0.1, 0.15) is 32.3 Å². The van der Waals surface area contributed by atoms with Gasteiger partial charge in [0, 0.05) is 18.1 Å². The molecular formula is C15H24N2. The standard InChI is InChI=1S/C15H24N2/c1-15(2,11-13-7-4-3-5-8-13)17-10-6-9-14(16)12-17/h3-5,7-8,14H,6,9-12,16H2,1-2H3. The molecule has 2 rings (SSSR count). The number of piperidine rings is 1. The average molecular weight is 232 g/mol. The fraction of sp³-hybridized carbons (Fsp3) is 0.600. The molecule has 1 aliphatic heterocycles. The van der Waals surface area contributed by atoms with Crippen molar-refractivity contribution in [3.05, 3.63) is 35.9 Å². The maximum atomic E-state index is 6.07. The maximum Gasteiger partial charge on any atom is 0.0194 e. The predicted molar refractivity (Wildman–Crippen MR) is 73.0 cm³/mol. The number of hydrogen-bond acceptors (Lipinski definition) is 2. The number of nitrogens with two attached hydrogens (primary N) is 1. The van der Waals surface area contributed by atoms with Gasteiger partial charge in [-0.2, -0.15) is 0 Å². The Kier molecular flexibility index (Phi) is 3.85. The van der Waals surface area contributed by atoms with E-state index in [9.17, 15) is 0 Å². The van der Waals surface area contributed by atoms with Gasteiger partial charge in [0.15, 0.2) is 0 Å². The highest BCUT2D eigenvalue weighted by atomic mass is 15.2. The fourth-order valence-corrected chi connectivity index (χ4v) is 2.77. The van der Waals surface area contributed by atoms with Crippen LogP contribution >= 0.6 is 0 Å². The summed E-state index contributed by atoms with van der Waals surface area (Å²) in [5.74, 6) is 0. The lowest BCUT2D eigenvalue weighted by Crippen LogP contribution is -2.53. The van der Waals surface area contributed by atoms with Crippen LogP contribution in [0.4, 0.5) is 0 Å². The summed E-state index contributed by atoms with van der Waals surface area (Å²) in [5.41, 5.74) is 7.69. The van der Waals surface area contributed by atoms with E-state index >= 15 is 0 Å². The van der Waals surface area contributed by atoms with Crippen molar-refractivity contribution in [2.45, 2.75) is 44.7 Å². The molecule has 1 unspecified atom stereocenters. The number of benzene rings is 1. The van der Waals surface area contributed by atoms with Gasteiger partial charge in [-0.15, -0.1) is 0 Å². The Morgan fingerprint density at radius 2 is 2.00 bits per heavy atom. The molecule has 2 heteroatoms. The third-order valence-electron chi connectivity index (χ3n) is 3.79. The largest absolute Gasteiger partial charge is 0.327 e. The summed E-state index contributed by atoms with van der Waals surface area (Å²) >= 11 is 0. The Morgan fingerprint density at radius 1 is 1.29 bits per heavy atom. The van der Waals surface area contributed by atoms with E-state index in [-0.39, 0.29) is 5.54 Å². The van der Waals surface area contributed by atoms with E-state index in [1.54, 1.807) is 0 Å². The number of likely N-dealkylation sites (tertiary alicyclic amines) is 1. The van der Waals surface area contributed by atoms with E-state index in [2.05, 4.69) is 49.1 Å². The molecule has 0 radical (unpaired) electrons. The zero-order valence-corrected chi connectivity index (χ0v) is 11.0. The van der Waals surface area contributed by atoms with E-state index < -0.39 is 0 Å². The summed E-state index contributed by atoms with van der Waals surface area (Å²) in [6.45, 7) is 6.89. The van der Waals surface area contributed by atoms with Gasteiger partial charge in [0.05, 0.1) is 0 Å². The summed E-state index contributed by atoms with van der Waals surface area (Å²) in [4.78, 5) is 2.55. The van der Waals surface area contributed by atoms with Crippen molar-refractivity contribution in [1.29, 1.82) is 0 Å². The predicted octanol–water partition coefficient (Wildman–Crippen LogP) is 2.43. The van der Waals surface area contributed by atoms with Gasteiger partial charge in [0.2, 0.25) is 0 Å². The molecule has 1 aromatic rings. The van der Waals surface area contributed by atoms with E-state index in [0.29, 0.717) is 6.04 Å². The number of rotatable bonds is 3. The number of nitrogens with zero attached hydrogens (tertiary/aromatic N) is 1. The second-order valence-electron chi connectivity index (χ2n) is 5.82. The van der Waals surface area contributed by atoms with Crippen LogP contribution in [-0.4, -0.2) is 29.6 Å². The molecule has 94 valence electrons. The summed E-state index contributed by atoms with van der Waals surface area (Å²) in [5, 5.41) is 0. The highest BCUT2D eigenvalue weighted by Crippen LogP contribution is 2.24. The summed E-state index contributed by atoms with van der Waals surface area (Å²) in [6.07, 6.45) is 3.51. The van der Waals surface area contributed by atoms with Crippen molar-refractivity contribution < 1.29 is 0 Å². The van der Waals surface area contributed by atoms with Crippen molar-refractivity contribution >= 4 is 0 Å². The van der Waals surface area contributed by atoms with Gasteiger partial charge in [0.1, 0.15) is 0 Å². The third-order valence-corrected chi connectivity index (χ3v) is 3.79. The second kappa shape index (κ2) is 5.19. The SMILES string of the molecule is CC(C)(Cc1ccccc1)N1CCCC(N)C1. The van der Waals surface area contributed by atoms with E-state index in [1.165, 1.54) is 24.9 Å². The lowest BCUT2D eigenvalue weighted by Gasteiger charge is -2.43. The molecular weight excluding hydrogens is 208 g/mol. The molecule has 0 spiro atoms. The molecule has 1 heterocycles. The molecule has 0 aromatic heterocycles. The summed E-state index contributed by atoms with van der Waals surface area (Å²) < 4.78 is 0. The first-order valence-corrected chi connectivity index (χ1v) is 6.62. The topological polar surface area (TPSA) is 29.3 Å². The highest BCUT2D eigenvalue weighted by molar-refractivity contribution is 5.17. The Hall–Kier alpha value is -0.860. The van der Waals surface area contributed by atoms with Crippen LogP contribution in [0.3, 0.4) is 0 Å². The first kappa shape index (κ1) is 12.6. The van der Waals surface area contributed by atoms with Crippen LogP contribution < -0.4 is 5.73 Å². The van der Waals surface area contributed by atoms with Gasteiger partial charge in [-0.05, 0) is 45.2 Å². The van der Waals surface area contributed by atoms with Crippen molar-refractivity contribution in [2.75, 3.05) is 13.1 Å². The van der Waals surface area contributed by atoms with Crippen molar-refractivity contribution in [1.82, 2.24) is 4.90 Å². The molecule has 1 saturated heterocycles. The maximum absolute atomic E-state index is 6.07. The highest BCUT2D eigenvalue weighted by Gasteiger charge is 2.30. The van der Waals surface area contributed by atoms with Crippen LogP contribution in [-0.2, 0) is 6.42 Å². The Bertz CT molecular complexity index is 345. The Balaban J connectivity index is 2.02. The van der Waals surface area contributed by atoms with Crippen LogP contribution in [0.15, 0.2) is 30.3 Å². The van der Waals surface area contributed by atoms with E-state index in [1.807, 2.05) is 0 Å². The van der Waals surface area contributed by atoms with Crippen molar-refractivity contribution in [3.63, 3.8) is 0 Å². The van der Waals surface area contributed by atoms with Gasteiger partial charge >= 0.3 is 0 Å². The molecule has 1 fully saturated rings.